The monoisotopic (exact) mass is 390 g/mol. The van der Waals surface area contributed by atoms with Gasteiger partial charge < -0.3 is 24.8 Å². The zero-order valence-corrected chi connectivity index (χ0v) is 17.3. The zero-order valence-electron chi connectivity index (χ0n) is 12.1. The molecular weight excluding hydrogens is 370 g/mol. The van der Waals surface area contributed by atoms with Crippen LogP contribution in [-0.2, 0) is 22.4 Å². The summed E-state index contributed by atoms with van der Waals surface area (Å²) in [6.07, 6.45) is 2.63. The van der Waals surface area contributed by atoms with Gasteiger partial charge >= 0.3 is 118 Å². The van der Waals surface area contributed by atoms with Crippen molar-refractivity contribution >= 4 is 11.5 Å². The molecule has 0 heterocycles. The molecule has 1 aliphatic carbocycles. The van der Waals surface area contributed by atoms with Crippen LogP contribution in [0, 0.1) is 0 Å². The quantitative estimate of drug-likeness (QED) is 0.541. The van der Waals surface area contributed by atoms with Crippen LogP contribution in [0.5, 0.6) is 0 Å². The second kappa shape index (κ2) is 8.82. The van der Waals surface area contributed by atoms with Crippen molar-refractivity contribution in [2.75, 3.05) is 0 Å². The first-order valence-electron chi connectivity index (χ1n) is 6.70. The number of rotatable bonds is 4. The van der Waals surface area contributed by atoms with Gasteiger partial charge in [0.25, 0.3) is 0 Å². The third-order valence-corrected chi connectivity index (χ3v) is 13.5. The summed E-state index contributed by atoms with van der Waals surface area (Å²) in [5.41, 5.74) is 6.67. The van der Waals surface area contributed by atoms with E-state index < -0.39 is 0 Å². The summed E-state index contributed by atoms with van der Waals surface area (Å²) in [5, 5.41) is 0. The third kappa shape index (κ3) is 4.30. The van der Waals surface area contributed by atoms with E-state index in [1.165, 1.54) is 12.8 Å². The van der Waals surface area contributed by atoms with Crippen LogP contribution in [0.25, 0.3) is 5.57 Å². The van der Waals surface area contributed by atoms with Gasteiger partial charge in [-0.3, -0.25) is 0 Å². The van der Waals surface area contributed by atoms with Crippen molar-refractivity contribution < 1.29 is 47.2 Å². The molecule has 1 unspecified atom stereocenters. The Kier molecular flexibility index (Phi) is 9.12. The number of benzene rings is 1. The minimum absolute atomic E-state index is 0. The van der Waals surface area contributed by atoms with Crippen molar-refractivity contribution in [3.05, 3.63) is 41.0 Å². The van der Waals surface area contributed by atoms with Crippen LogP contribution in [0.1, 0.15) is 41.4 Å². The van der Waals surface area contributed by atoms with E-state index in [9.17, 15) is 0 Å². The van der Waals surface area contributed by atoms with Crippen LogP contribution < -0.4 is 24.8 Å². The molecule has 0 saturated carbocycles. The van der Waals surface area contributed by atoms with Crippen LogP contribution in [0.15, 0.2) is 29.8 Å². The van der Waals surface area contributed by atoms with Gasteiger partial charge in [0.05, 0.1) is 0 Å². The Morgan fingerprint density at radius 1 is 1.16 bits per heavy atom. The molecule has 19 heavy (non-hydrogen) atoms. The molecule has 0 aromatic heterocycles. The topological polar surface area (TPSA) is 0 Å². The van der Waals surface area contributed by atoms with E-state index in [0.717, 1.165) is 3.63 Å². The molecule has 0 bridgehead atoms. The summed E-state index contributed by atoms with van der Waals surface area (Å²) in [7, 11) is 0. The fourth-order valence-electron chi connectivity index (χ4n) is 2.79. The van der Waals surface area contributed by atoms with Gasteiger partial charge in [0, 0.05) is 0 Å². The fourth-order valence-corrected chi connectivity index (χ4v) is 13.1. The van der Waals surface area contributed by atoms with Crippen molar-refractivity contribution in [2.24, 2.45) is 0 Å². The third-order valence-electron chi connectivity index (χ3n) is 3.53. The van der Waals surface area contributed by atoms with E-state index in [1.54, 1.807) is 22.3 Å². The predicted molar refractivity (Wildman–Crippen MR) is 75.6 cm³/mol. The van der Waals surface area contributed by atoms with E-state index in [4.69, 9.17) is 0 Å². The van der Waals surface area contributed by atoms with E-state index >= 15 is 0 Å². The second-order valence-corrected chi connectivity index (χ2v) is 20.3. The first-order valence-corrected chi connectivity index (χ1v) is 15.3. The average molecular weight is 393 g/mol. The Balaban J connectivity index is 0.00000162. The van der Waals surface area contributed by atoms with E-state index in [2.05, 4.69) is 51.2 Å². The summed E-state index contributed by atoms with van der Waals surface area (Å²) < 4.78 is 0.918. The Morgan fingerprint density at radius 2 is 1.79 bits per heavy atom. The van der Waals surface area contributed by atoms with E-state index in [1.807, 2.05) is 0 Å². The number of fused-ring (bicyclic) bond motifs is 1. The van der Waals surface area contributed by atoms with Crippen molar-refractivity contribution in [3.8, 4) is 0 Å². The van der Waals surface area contributed by atoms with Gasteiger partial charge in [-0.25, -0.2) is 0 Å². The fraction of sp³-hybridized carbons (Fsp3) is 0.467. The predicted octanol–water partition coefficient (Wildman–Crippen LogP) is -1.61. The molecule has 0 fully saturated rings. The van der Waals surface area contributed by atoms with Gasteiger partial charge in [-0.1, -0.05) is 0 Å². The van der Waals surface area contributed by atoms with Gasteiger partial charge in [0.2, 0.25) is 0 Å². The molecule has 0 radical (unpaired) electrons. The van der Waals surface area contributed by atoms with Crippen molar-refractivity contribution in [2.45, 2.75) is 43.4 Å². The summed E-state index contributed by atoms with van der Waals surface area (Å²) in [6, 6.07) is 9.16. The van der Waals surface area contributed by atoms with Crippen molar-refractivity contribution in [1.29, 1.82) is 0 Å². The SMILES string of the molecule is CCCC1=C(C)c2ccccc2[CH]1[Zr+2][SiH](C)C.[Cl-].[Cl-]. The molecular formula is C15H22Cl2SiZr. The molecule has 0 saturated heterocycles. The number of halogens is 2. The second-order valence-electron chi connectivity index (χ2n) is 5.24. The summed E-state index contributed by atoms with van der Waals surface area (Å²) in [6.45, 7) is 9.77. The van der Waals surface area contributed by atoms with Crippen molar-refractivity contribution in [1.82, 2.24) is 0 Å². The standard InChI is InChI=1S/C13H15.C2H7Si.2ClH.Zr/c1-3-6-11-9-12-7-4-5-8-13(12)10(11)2;1-3-2;;;/h4-5,7-9H,3,6H2,1-2H3;3H,1-2H3;2*1H;/q;;;;+2/p-2. The molecule has 1 aromatic rings. The maximum Gasteiger partial charge on any atom is -1.00 e. The van der Waals surface area contributed by atoms with Gasteiger partial charge in [-0.2, -0.15) is 0 Å². The van der Waals surface area contributed by atoms with Crippen LogP contribution in [-0.4, -0.2) is 5.92 Å². The molecule has 0 nitrogen and oxygen atoms in total. The Hall–Kier alpha value is 0.640. The van der Waals surface area contributed by atoms with Gasteiger partial charge in [-0.15, -0.1) is 0 Å². The molecule has 0 N–H and O–H groups in total. The minimum atomic E-state index is -0.337. The molecule has 0 amide bonds. The smallest absolute Gasteiger partial charge is 1.00 e. The van der Waals surface area contributed by atoms with Crippen LogP contribution >= 0.6 is 0 Å². The van der Waals surface area contributed by atoms with Gasteiger partial charge in [-0.05, 0) is 0 Å². The molecule has 4 heteroatoms. The van der Waals surface area contributed by atoms with E-state index in [0.29, 0.717) is 0 Å². The van der Waals surface area contributed by atoms with Gasteiger partial charge in [0.15, 0.2) is 0 Å². The number of hydrogen-bond donors (Lipinski definition) is 0. The molecule has 1 atom stereocenters. The van der Waals surface area contributed by atoms with Crippen LogP contribution in [0.2, 0.25) is 13.1 Å². The molecule has 0 spiro atoms. The van der Waals surface area contributed by atoms with Crippen LogP contribution in [0.3, 0.4) is 0 Å². The first-order chi connectivity index (χ1) is 8.15. The molecule has 0 aliphatic heterocycles. The molecule has 104 valence electrons. The average Bonchev–Trinajstić information content (AvgIpc) is 2.55. The summed E-state index contributed by atoms with van der Waals surface area (Å²) in [4.78, 5) is 0. The summed E-state index contributed by atoms with van der Waals surface area (Å²) in [5.74, 6) is -0.337. The Bertz CT molecular complexity index is 444. The zero-order chi connectivity index (χ0) is 12.4. The maximum absolute atomic E-state index is 2.55. The number of hydrogen-bond acceptors (Lipinski definition) is 0. The van der Waals surface area contributed by atoms with E-state index in [-0.39, 0.29) is 53.1 Å². The number of allylic oxidation sites excluding steroid dienone is 2. The largest absolute Gasteiger partial charge is 1.00 e. The van der Waals surface area contributed by atoms with Crippen LogP contribution in [0.4, 0.5) is 0 Å². The first kappa shape index (κ1) is 19.6. The Morgan fingerprint density at radius 3 is 2.37 bits per heavy atom. The van der Waals surface area contributed by atoms with Crippen molar-refractivity contribution in [3.63, 3.8) is 0 Å². The van der Waals surface area contributed by atoms with Gasteiger partial charge in [0.1, 0.15) is 0 Å². The molecule has 1 aliphatic rings. The Labute approximate surface area is 142 Å². The minimum Gasteiger partial charge on any atom is -1.00 e. The maximum atomic E-state index is 2.55. The normalized spacial score (nSPS) is 16.6. The summed E-state index contributed by atoms with van der Waals surface area (Å²) >= 11 is -0.205. The molecule has 2 rings (SSSR count). The molecule has 1 aromatic carbocycles.